The predicted octanol–water partition coefficient (Wildman–Crippen LogP) is 0.850. The number of nitrogens with two attached hydrogens (primary N) is 1. The number of carbonyl (C=O) groups excluding carboxylic acids is 2. The molecule has 0 saturated heterocycles. The molecule has 0 radical (unpaired) electrons. The summed E-state index contributed by atoms with van der Waals surface area (Å²) in [5.74, 6) is -2.42. The van der Waals surface area contributed by atoms with Crippen LogP contribution in [-0.2, 0) is 9.59 Å². The number of aliphatic carboxylic acids is 1. The monoisotopic (exact) mass is 290 g/mol. The Morgan fingerprint density at radius 1 is 1.50 bits per heavy atom. The van der Waals surface area contributed by atoms with Crippen LogP contribution in [0.2, 0.25) is 5.02 Å². The fourth-order valence-corrected chi connectivity index (χ4v) is 2.27. The largest absolute Gasteiger partial charge is 0.480 e. The van der Waals surface area contributed by atoms with Gasteiger partial charge in [0.15, 0.2) is 0 Å². The lowest BCUT2D eigenvalue weighted by Crippen LogP contribution is -2.41. The zero-order valence-electron chi connectivity index (χ0n) is 9.18. The molecule has 6 nitrogen and oxygen atoms in total. The summed E-state index contributed by atoms with van der Waals surface area (Å²) < 4.78 is 0. The van der Waals surface area contributed by atoms with Crippen molar-refractivity contribution >= 4 is 40.7 Å². The number of primary amides is 1. The van der Waals surface area contributed by atoms with Crippen molar-refractivity contribution in [3.05, 3.63) is 21.3 Å². The van der Waals surface area contributed by atoms with Gasteiger partial charge in [0.2, 0.25) is 5.91 Å². The Morgan fingerprint density at radius 2 is 2.17 bits per heavy atom. The van der Waals surface area contributed by atoms with Crippen LogP contribution in [0.25, 0.3) is 0 Å². The van der Waals surface area contributed by atoms with Gasteiger partial charge in [-0.15, -0.1) is 11.3 Å². The third-order valence-electron chi connectivity index (χ3n) is 2.11. The van der Waals surface area contributed by atoms with Crippen LogP contribution >= 0.6 is 22.9 Å². The summed E-state index contributed by atoms with van der Waals surface area (Å²) in [4.78, 5) is 33.5. The minimum atomic E-state index is -1.22. The standard InChI is InChI=1S/C10H11ClN2O4S/c11-5-3-4-18-8(5)9(15)13-6(10(16)17)1-2-7(12)14/h3-4,6H,1-2H2,(H2,12,14)(H,13,15)(H,16,17)/t6-/m1/s1. The Labute approximate surface area is 112 Å². The molecule has 0 saturated carbocycles. The van der Waals surface area contributed by atoms with Gasteiger partial charge < -0.3 is 16.2 Å². The van der Waals surface area contributed by atoms with E-state index in [0.717, 1.165) is 11.3 Å². The predicted molar refractivity (Wildman–Crippen MR) is 66.6 cm³/mol. The van der Waals surface area contributed by atoms with Crippen LogP contribution in [0.3, 0.4) is 0 Å². The molecule has 1 aromatic rings. The molecule has 18 heavy (non-hydrogen) atoms. The highest BCUT2D eigenvalue weighted by molar-refractivity contribution is 7.12. The molecule has 1 aromatic heterocycles. The first-order chi connectivity index (χ1) is 8.41. The highest BCUT2D eigenvalue weighted by Gasteiger charge is 2.22. The van der Waals surface area contributed by atoms with E-state index < -0.39 is 23.8 Å². The summed E-state index contributed by atoms with van der Waals surface area (Å²) in [6.45, 7) is 0. The van der Waals surface area contributed by atoms with Crippen molar-refractivity contribution < 1.29 is 19.5 Å². The molecule has 0 bridgehead atoms. The number of halogens is 1. The summed E-state index contributed by atoms with van der Waals surface area (Å²) >= 11 is 6.86. The van der Waals surface area contributed by atoms with Crippen LogP contribution in [0, 0.1) is 0 Å². The molecule has 98 valence electrons. The molecular formula is C10H11ClN2O4S. The van der Waals surface area contributed by atoms with Crippen LogP contribution in [0.1, 0.15) is 22.5 Å². The second kappa shape index (κ2) is 6.36. The SMILES string of the molecule is NC(=O)CC[C@@H](NC(=O)c1sccc1Cl)C(=O)O. The molecule has 0 aliphatic rings. The third-order valence-corrected chi connectivity index (χ3v) is 3.45. The maximum Gasteiger partial charge on any atom is 0.326 e. The molecule has 0 spiro atoms. The molecule has 1 atom stereocenters. The molecule has 0 unspecified atom stereocenters. The number of carboxylic acids is 1. The van der Waals surface area contributed by atoms with E-state index in [1.807, 2.05) is 0 Å². The molecule has 0 aliphatic carbocycles. The van der Waals surface area contributed by atoms with E-state index in [1.54, 1.807) is 11.4 Å². The average Bonchev–Trinajstić information content (AvgIpc) is 2.69. The molecular weight excluding hydrogens is 280 g/mol. The summed E-state index contributed by atoms with van der Waals surface area (Å²) in [5.41, 5.74) is 4.93. The van der Waals surface area contributed by atoms with E-state index in [0.29, 0.717) is 0 Å². The summed E-state index contributed by atoms with van der Waals surface area (Å²) in [6, 6.07) is 0.378. The zero-order valence-corrected chi connectivity index (χ0v) is 10.8. The van der Waals surface area contributed by atoms with Crippen molar-refractivity contribution in [3.63, 3.8) is 0 Å². The molecule has 0 aliphatic heterocycles. The van der Waals surface area contributed by atoms with Gasteiger partial charge in [-0.25, -0.2) is 4.79 Å². The van der Waals surface area contributed by atoms with Gasteiger partial charge in [0.05, 0.1) is 5.02 Å². The van der Waals surface area contributed by atoms with Gasteiger partial charge in [-0.2, -0.15) is 0 Å². The topological polar surface area (TPSA) is 109 Å². The Morgan fingerprint density at radius 3 is 2.61 bits per heavy atom. The van der Waals surface area contributed by atoms with Gasteiger partial charge in [0, 0.05) is 6.42 Å². The van der Waals surface area contributed by atoms with Crippen molar-refractivity contribution in [2.45, 2.75) is 18.9 Å². The molecule has 0 aromatic carbocycles. The molecule has 4 N–H and O–H groups in total. The molecule has 2 amide bonds. The highest BCUT2D eigenvalue weighted by Crippen LogP contribution is 2.21. The zero-order chi connectivity index (χ0) is 13.7. The van der Waals surface area contributed by atoms with E-state index in [9.17, 15) is 14.4 Å². The summed E-state index contributed by atoms with van der Waals surface area (Å²) in [5, 5.41) is 13.1. The summed E-state index contributed by atoms with van der Waals surface area (Å²) in [7, 11) is 0. The van der Waals surface area contributed by atoms with Crippen molar-refractivity contribution in [1.29, 1.82) is 0 Å². The van der Waals surface area contributed by atoms with Gasteiger partial charge in [-0.05, 0) is 17.9 Å². The number of amides is 2. The number of hydrogen-bond donors (Lipinski definition) is 3. The van der Waals surface area contributed by atoms with Crippen LogP contribution in [0.15, 0.2) is 11.4 Å². The minimum absolute atomic E-state index is 0.0561. The molecule has 1 heterocycles. The average molecular weight is 291 g/mol. The summed E-state index contributed by atoms with van der Waals surface area (Å²) in [6.07, 6.45) is -0.172. The van der Waals surface area contributed by atoms with Crippen LogP contribution in [-0.4, -0.2) is 28.9 Å². The van der Waals surface area contributed by atoms with Crippen molar-refractivity contribution in [2.24, 2.45) is 5.73 Å². The quantitative estimate of drug-likeness (QED) is 0.721. The number of thiophene rings is 1. The Bertz CT molecular complexity index is 474. The smallest absolute Gasteiger partial charge is 0.326 e. The van der Waals surface area contributed by atoms with E-state index >= 15 is 0 Å². The van der Waals surface area contributed by atoms with E-state index in [-0.39, 0.29) is 22.7 Å². The highest BCUT2D eigenvalue weighted by atomic mass is 35.5. The minimum Gasteiger partial charge on any atom is -0.480 e. The Kier molecular flexibility index (Phi) is 5.11. The first kappa shape index (κ1) is 14.5. The van der Waals surface area contributed by atoms with Gasteiger partial charge in [-0.3, -0.25) is 9.59 Å². The number of carbonyl (C=O) groups is 3. The van der Waals surface area contributed by atoms with Crippen LogP contribution in [0.4, 0.5) is 0 Å². The lowest BCUT2D eigenvalue weighted by atomic mass is 10.1. The molecule has 0 fully saturated rings. The van der Waals surface area contributed by atoms with E-state index in [2.05, 4.69) is 5.32 Å². The van der Waals surface area contributed by atoms with E-state index in [1.165, 1.54) is 0 Å². The van der Waals surface area contributed by atoms with Gasteiger partial charge in [0.25, 0.3) is 5.91 Å². The first-order valence-corrected chi connectivity index (χ1v) is 6.22. The van der Waals surface area contributed by atoms with Crippen molar-refractivity contribution in [2.75, 3.05) is 0 Å². The second-order valence-corrected chi connectivity index (χ2v) is 4.79. The number of hydrogen-bond acceptors (Lipinski definition) is 4. The van der Waals surface area contributed by atoms with Crippen LogP contribution in [0.5, 0.6) is 0 Å². The van der Waals surface area contributed by atoms with Crippen molar-refractivity contribution in [3.8, 4) is 0 Å². The normalized spacial score (nSPS) is 11.8. The number of nitrogens with one attached hydrogen (secondary N) is 1. The number of rotatable bonds is 6. The van der Waals surface area contributed by atoms with Gasteiger partial charge in [-0.1, -0.05) is 11.6 Å². The van der Waals surface area contributed by atoms with Crippen LogP contribution < -0.4 is 11.1 Å². The third kappa shape index (κ3) is 4.01. The maximum absolute atomic E-state index is 11.7. The Hall–Kier alpha value is -1.60. The molecule has 8 heteroatoms. The maximum atomic E-state index is 11.7. The lowest BCUT2D eigenvalue weighted by Gasteiger charge is -2.13. The first-order valence-electron chi connectivity index (χ1n) is 4.96. The van der Waals surface area contributed by atoms with Gasteiger partial charge in [0.1, 0.15) is 10.9 Å². The van der Waals surface area contributed by atoms with E-state index in [4.69, 9.17) is 22.4 Å². The Balaban J connectivity index is 2.67. The van der Waals surface area contributed by atoms with Crippen molar-refractivity contribution in [1.82, 2.24) is 5.32 Å². The second-order valence-electron chi connectivity index (χ2n) is 3.47. The lowest BCUT2D eigenvalue weighted by molar-refractivity contribution is -0.139. The fraction of sp³-hybridized carbons (Fsp3) is 0.300. The number of carboxylic acid groups (broad SMARTS) is 1. The van der Waals surface area contributed by atoms with Gasteiger partial charge >= 0.3 is 5.97 Å². The molecule has 1 rings (SSSR count). The fourth-order valence-electron chi connectivity index (χ4n) is 1.22.